The molecule has 0 saturated carbocycles. The Labute approximate surface area is 186 Å². The van der Waals surface area contributed by atoms with Gasteiger partial charge in [0.25, 0.3) is 0 Å². The fourth-order valence-corrected chi connectivity index (χ4v) is 4.53. The van der Waals surface area contributed by atoms with Gasteiger partial charge in [0, 0.05) is 17.3 Å². The molecule has 0 heterocycles. The van der Waals surface area contributed by atoms with Crippen LogP contribution in [0, 0.1) is 19.7 Å². The lowest BCUT2D eigenvalue weighted by molar-refractivity contribution is -0.116. The first-order valence-corrected chi connectivity index (χ1v) is 11.3. The fourth-order valence-electron chi connectivity index (χ4n) is 2.97. The molecule has 8 heteroatoms. The molecule has 0 aromatic heterocycles. The highest BCUT2D eigenvalue weighted by Crippen LogP contribution is 2.24. The third-order valence-corrected chi connectivity index (χ3v) is 7.01. The van der Waals surface area contributed by atoms with Crippen LogP contribution in [-0.4, -0.2) is 25.2 Å². The number of nitrogens with one attached hydrogen (secondary N) is 1. The number of benzene rings is 3. The summed E-state index contributed by atoms with van der Waals surface area (Å²) < 4.78 is 40.9. The Kier molecular flexibility index (Phi) is 7.10. The van der Waals surface area contributed by atoms with E-state index >= 15 is 0 Å². The number of amides is 1. The van der Waals surface area contributed by atoms with Crippen molar-refractivity contribution >= 4 is 33.2 Å². The Balaban J connectivity index is 1.89. The van der Waals surface area contributed by atoms with Gasteiger partial charge in [-0.15, -0.1) is 0 Å². The monoisotopic (exact) mass is 460 g/mol. The average Bonchev–Trinajstić information content (AvgIpc) is 2.73. The van der Waals surface area contributed by atoms with Crippen LogP contribution in [0.25, 0.3) is 0 Å². The second-order valence-electron chi connectivity index (χ2n) is 7.17. The number of carbonyl (C=O) groups is 1. The lowest BCUT2D eigenvalue weighted by Gasteiger charge is -2.22. The van der Waals surface area contributed by atoms with E-state index in [4.69, 9.17) is 11.6 Å². The van der Waals surface area contributed by atoms with Gasteiger partial charge in [-0.2, -0.15) is 4.31 Å². The molecule has 0 aliphatic rings. The summed E-state index contributed by atoms with van der Waals surface area (Å²) in [6, 6.07) is 17.0. The number of carbonyl (C=O) groups excluding carboxylic acids is 1. The molecule has 0 aliphatic carbocycles. The molecule has 3 aromatic rings. The second-order valence-corrected chi connectivity index (χ2v) is 9.52. The molecule has 5 nitrogen and oxygen atoms in total. The quantitative estimate of drug-likeness (QED) is 0.544. The first kappa shape index (κ1) is 22.9. The molecule has 0 atom stereocenters. The maximum absolute atomic E-state index is 13.3. The highest BCUT2D eigenvalue weighted by molar-refractivity contribution is 7.89. The third kappa shape index (κ3) is 5.70. The molecule has 3 rings (SSSR count). The van der Waals surface area contributed by atoms with E-state index in [1.54, 1.807) is 37.3 Å². The van der Waals surface area contributed by atoms with E-state index < -0.39 is 28.3 Å². The van der Waals surface area contributed by atoms with Crippen molar-refractivity contribution in [1.29, 1.82) is 0 Å². The Hall–Kier alpha value is -2.74. The van der Waals surface area contributed by atoms with Crippen molar-refractivity contribution in [3.05, 3.63) is 94.3 Å². The Morgan fingerprint density at radius 2 is 1.65 bits per heavy atom. The molecule has 0 fully saturated rings. The lowest BCUT2D eigenvalue weighted by Crippen LogP contribution is -2.37. The standard InChI is InChI=1S/C23H22ClFN2O3S/c1-16-6-12-20(13-7-16)31(29,30)27(14-18-8-10-19(25)11-9-18)15-23(28)26-22-5-3-4-21(24)17(22)2/h3-13H,14-15H2,1-2H3,(H,26,28). The number of halogens is 2. The van der Waals surface area contributed by atoms with Crippen LogP contribution in [0.15, 0.2) is 71.6 Å². The zero-order valence-electron chi connectivity index (χ0n) is 17.1. The molecule has 1 amide bonds. The summed E-state index contributed by atoms with van der Waals surface area (Å²) in [6.07, 6.45) is 0. The minimum Gasteiger partial charge on any atom is -0.325 e. The van der Waals surface area contributed by atoms with Crippen LogP contribution >= 0.6 is 11.6 Å². The van der Waals surface area contributed by atoms with Crippen LogP contribution in [0.3, 0.4) is 0 Å². The van der Waals surface area contributed by atoms with Crippen molar-refractivity contribution in [2.24, 2.45) is 0 Å². The van der Waals surface area contributed by atoms with E-state index in [1.165, 1.54) is 36.4 Å². The molecule has 162 valence electrons. The van der Waals surface area contributed by atoms with Crippen LogP contribution in [0.1, 0.15) is 16.7 Å². The molecule has 0 saturated heterocycles. The largest absolute Gasteiger partial charge is 0.325 e. The Bertz CT molecular complexity index is 1180. The molecule has 0 aliphatic heterocycles. The van der Waals surface area contributed by atoms with E-state index in [1.807, 2.05) is 6.92 Å². The Morgan fingerprint density at radius 3 is 2.29 bits per heavy atom. The minimum absolute atomic E-state index is 0.0759. The van der Waals surface area contributed by atoms with E-state index in [-0.39, 0.29) is 11.4 Å². The number of rotatable bonds is 7. The van der Waals surface area contributed by atoms with E-state index in [2.05, 4.69) is 5.32 Å². The van der Waals surface area contributed by atoms with E-state index in [0.717, 1.165) is 9.87 Å². The summed E-state index contributed by atoms with van der Waals surface area (Å²) in [5.41, 5.74) is 2.66. The van der Waals surface area contributed by atoms with Crippen LogP contribution in [0.5, 0.6) is 0 Å². The highest BCUT2D eigenvalue weighted by Gasteiger charge is 2.27. The summed E-state index contributed by atoms with van der Waals surface area (Å²) in [4.78, 5) is 12.8. The molecule has 3 aromatic carbocycles. The number of sulfonamides is 1. The van der Waals surface area contributed by atoms with Gasteiger partial charge in [-0.25, -0.2) is 12.8 Å². The van der Waals surface area contributed by atoms with Gasteiger partial charge < -0.3 is 5.32 Å². The normalized spacial score (nSPS) is 11.5. The smallest absolute Gasteiger partial charge is 0.243 e. The predicted octanol–water partition coefficient (Wildman–Crippen LogP) is 4.93. The zero-order chi connectivity index (χ0) is 22.6. The van der Waals surface area contributed by atoms with Gasteiger partial charge in [-0.3, -0.25) is 4.79 Å². The summed E-state index contributed by atoms with van der Waals surface area (Å²) in [7, 11) is -3.98. The number of aryl methyl sites for hydroxylation is 1. The molecular weight excluding hydrogens is 439 g/mol. The van der Waals surface area contributed by atoms with Crippen LogP contribution in [0.2, 0.25) is 5.02 Å². The van der Waals surface area contributed by atoms with Crippen molar-refractivity contribution in [3.8, 4) is 0 Å². The number of hydrogen-bond donors (Lipinski definition) is 1. The van der Waals surface area contributed by atoms with Gasteiger partial charge in [-0.05, 0) is 61.4 Å². The zero-order valence-corrected chi connectivity index (χ0v) is 18.7. The first-order chi connectivity index (χ1) is 14.7. The average molecular weight is 461 g/mol. The molecule has 0 unspecified atom stereocenters. The van der Waals surface area contributed by atoms with Gasteiger partial charge in [-0.1, -0.05) is 47.5 Å². The van der Waals surface area contributed by atoms with Crippen molar-refractivity contribution in [1.82, 2.24) is 4.31 Å². The summed E-state index contributed by atoms with van der Waals surface area (Å²) in [5.74, 6) is -0.936. The second kappa shape index (κ2) is 9.60. The lowest BCUT2D eigenvalue weighted by atomic mass is 10.2. The first-order valence-electron chi connectivity index (χ1n) is 9.53. The summed E-state index contributed by atoms with van der Waals surface area (Å²) >= 11 is 6.10. The van der Waals surface area contributed by atoms with Crippen LogP contribution in [0.4, 0.5) is 10.1 Å². The SMILES string of the molecule is Cc1ccc(S(=O)(=O)N(CC(=O)Nc2cccc(Cl)c2C)Cc2ccc(F)cc2)cc1. The Morgan fingerprint density at radius 1 is 1.00 bits per heavy atom. The van der Waals surface area contributed by atoms with Crippen molar-refractivity contribution in [3.63, 3.8) is 0 Å². The predicted molar refractivity (Wildman–Crippen MR) is 120 cm³/mol. The van der Waals surface area contributed by atoms with Crippen LogP contribution < -0.4 is 5.32 Å². The van der Waals surface area contributed by atoms with Gasteiger partial charge in [0.05, 0.1) is 11.4 Å². The van der Waals surface area contributed by atoms with Gasteiger partial charge in [0.1, 0.15) is 5.82 Å². The third-order valence-electron chi connectivity index (χ3n) is 4.79. The number of nitrogens with zero attached hydrogens (tertiary/aromatic N) is 1. The van der Waals surface area contributed by atoms with Gasteiger partial charge >= 0.3 is 0 Å². The fraction of sp³-hybridized carbons (Fsp3) is 0.174. The minimum atomic E-state index is -3.98. The van der Waals surface area contributed by atoms with Crippen molar-refractivity contribution in [2.75, 3.05) is 11.9 Å². The maximum atomic E-state index is 13.3. The van der Waals surface area contributed by atoms with Crippen LogP contribution in [-0.2, 0) is 21.4 Å². The van der Waals surface area contributed by atoms with Crippen molar-refractivity contribution in [2.45, 2.75) is 25.3 Å². The molecule has 0 spiro atoms. The molecular formula is C23H22ClFN2O3S. The molecule has 0 bridgehead atoms. The molecule has 31 heavy (non-hydrogen) atoms. The number of anilines is 1. The van der Waals surface area contributed by atoms with E-state index in [9.17, 15) is 17.6 Å². The molecule has 1 N–H and O–H groups in total. The highest BCUT2D eigenvalue weighted by atomic mass is 35.5. The summed E-state index contributed by atoms with van der Waals surface area (Å²) in [5, 5.41) is 3.21. The maximum Gasteiger partial charge on any atom is 0.243 e. The summed E-state index contributed by atoms with van der Waals surface area (Å²) in [6.45, 7) is 3.11. The van der Waals surface area contributed by atoms with E-state index in [0.29, 0.717) is 21.8 Å². The van der Waals surface area contributed by atoms with Gasteiger partial charge in [0.15, 0.2) is 0 Å². The van der Waals surface area contributed by atoms with Crippen molar-refractivity contribution < 1.29 is 17.6 Å². The van der Waals surface area contributed by atoms with Gasteiger partial charge in [0.2, 0.25) is 15.9 Å². The molecule has 0 radical (unpaired) electrons. The topological polar surface area (TPSA) is 66.5 Å². The number of hydrogen-bond acceptors (Lipinski definition) is 3.